The molecule has 2 rings (SSSR count). The van der Waals surface area contributed by atoms with Crippen LogP contribution in [0.5, 0.6) is 0 Å². The molecule has 0 radical (unpaired) electrons. The molecule has 0 aliphatic carbocycles. The summed E-state index contributed by atoms with van der Waals surface area (Å²) in [6, 6.07) is 0.475. The van der Waals surface area contributed by atoms with Crippen molar-refractivity contribution in [2.75, 3.05) is 39.3 Å². The van der Waals surface area contributed by atoms with E-state index in [1.807, 2.05) is 4.90 Å². The van der Waals surface area contributed by atoms with Crippen LogP contribution < -0.4 is 5.73 Å². The highest BCUT2D eigenvalue weighted by Gasteiger charge is 2.30. The Hall–Kier alpha value is -0.650. The van der Waals surface area contributed by atoms with Gasteiger partial charge < -0.3 is 15.4 Å². The molecule has 0 aromatic carbocycles. The summed E-state index contributed by atoms with van der Waals surface area (Å²) in [6.07, 6.45) is 5.22. The zero-order chi connectivity index (χ0) is 14.4. The predicted octanol–water partition coefficient (Wildman–Crippen LogP) is 0.827. The summed E-state index contributed by atoms with van der Waals surface area (Å²) in [5, 5.41) is 0. The molecule has 0 aromatic rings. The number of amides is 1. The van der Waals surface area contributed by atoms with Gasteiger partial charge in [-0.1, -0.05) is 13.3 Å². The SMILES string of the molecule is CCCC(CN)N1CCN(C(=O)C2CCCCO2)CC1. The first-order valence-corrected chi connectivity index (χ1v) is 8.10. The predicted molar refractivity (Wildman–Crippen MR) is 79.5 cm³/mol. The number of hydrogen-bond donors (Lipinski definition) is 1. The van der Waals surface area contributed by atoms with Gasteiger partial charge in [0, 0.05) is 45.4 Å². The van der Waals surface area contributed by atoms with E-state index >= 15 is 0 Å². The van der Waals surface area contributed by atoms with Gasteiger partial charge in [0.1, 0.15) is 6.10 Å². The highest BCUT2D eigenvalue weighted by molar-refractivity contribution is 5.81. The Kier molecular flexibility index (Phi) is 6.26. The molecular formula is C15H29N3O2. The molecule has 2 atom stereocenters. The number of nitrogens with two attached hydrogens (primary N) is 1. The zero-order valence-electron chi connectivity index (χ0n) is 12.7. The van der Waals surface area contributed by atoms with Gasteiger partial charge in [-0.3, -0.25) is 9.69 Å². The molecule has 20 heavy (non-hydrogen) atoms. The molecule has 116 valence electrons. The molecule has 0 spiro atoms. The van der Waals surface area contributed by atoms with Crippen molar-refractivity contribution in [2.24, 2.45) is 5.73 Å². The Labute approximate surface area is 122 Å². The van der Waals surface area contributed by atoms with Crippen molar-refractivity contribution in [3.05, 3.63) is 0 Å². The van der Waals surface area contributed by atoms with Gasteiger partial charge in [0.05, 0.1) is 0 Å². The number of nitrogens with zero attached hydrogens (tertiary/aromatic N) is 2. The summed E-state index contributed by atoms with van der Waals surface area (Å²) < 4.78 is 5.60. The van der Waals surface area contributed by atoms with Gasteiger partial charge in [-0.2, -0.15) is 0 Å². The van der Waals surface area contributed by atoms with E-state index in [0.29, 0.717) is 12.6 Å². The van der Waals surface area contributed by atoms with Crippen molar-refractivity contribution < 1.29 is 9.53 Å². The smallest absolute Gasteiger partial charge is 0.251 e. The fourth-order valence-electron chi connectivity index (χ4n) is 3.23. The van der Waals surface area contributed by atoms with Crippen LogP contribution >= 0.6 is 0 Å². The molecule has 2 unspecified atom stereocenters. The summed E-state index contributed by atoms with van der Waals surface area (Å²) in [7, 11) is 0. The van der Waals surface area contributed by atoms with Crippen molar-refractivity contribution >= 4 is 5.91 Å². The Balaban J connectivity index is 1.79. The lowest BCUT2D eigenvalue weighted by Crippen LogP contribution is -2.55. The largest absolute Gasteiger partial charge is 0.368 e. The van der Waals surface area contributed by atoms with Gasteiger partial charge in [-0.15, -0.1) is 0 Å². The fourth-order valence-corrected chi connectivity index (χ4v) is 3.23. The molecule has 2 aliphatic rings. The number of rotatable bonds is 5. The van der Waals surface area contributed by atoms with Crippen molar-refractivity contribution in [2.45, 2.75) is 51.2 Å². The molecular weight excluding hydrogens is 254 g/mol. The van der Waals surface area contributed by atoms with Crippen LogP contribution in [0.15, 0.2) is 0 Å². The van der Waals surface area contributed by atoms with E-state index in [0.717, 1.165) is 64.9 Å². The third kappa shape index (κ3) is 3.93. The van der Waals surface area contributed by atoms with Gasteiger partial charge in [-0.05, 0) is 25.7 Å². The van der Waals surface area contributed by atoms with Crippen molar-refractivity contribution in [1.29, 1.82) is 0 Å². The molecule has 2 saturated heterocycles. The average molecular weight is 283 g/mol. The van der Waals surface area contributed by atoms with E-state index in [9.17, 15) is 4.79 Å². The summed E-state index contributed by atoms with van der Waals surface area (Å²) >= 11 is 0. The summed E-state index contributed by atoms with van der Waals surface area (Å²) in [4.78, 5) is 16.8. The quantitative estimate of drug-likeness (QED) is 0.812. The zero-order valence-corrected chi connectivity index (χ0v) is 12.7. The normalized spacial score (nSPS) is 26.5. The molecule has 0 aromatic heterocycles. The molecule has 2 fully saturated rings. The number of piperazine rings is 1. The minimum Gasteiger partial charge on any atom is -0.368 e. The van der Waals surface area contributed by atoms with Crippen molar-refractivity contribution in [3.8, 4) is 0 Å². The average Bonchev–Trinajstić information content (AvgIpc) is 2.53. The summed E-state index contributed by atoms with van der Waals surface area (Å²) in [5.74, 6) is 0.198. The van der Waals surface area contributed by atoms with Crippen LogP contribution in [0.4, 0.5) is 0 Å². The Bertz CT molecular complexity index is 297. The summed E-state index contributed by atoms with van der Waals surface area (Å²) in [5.41, 5.74) is 5.86. The number of carbonyl (C=O) groups is 1. The van der Waals surface area contributed by atoms with Gasteiger partial charge in [0.25, 0.3) is 5.91 Å². The van der Waals surface area contributed by atoms with Crippen molar-refractivity contribution in [1.82, 2.24) is 9.80 Å². The molecule has 2 N–H and O–H groups in total. The lowest BCUT2D eigenvalue weighted by atomic mass is 10.1. The molecule has 5 nitrogen and oxygen atoms in total. The van der Waals surface area contributed by atoms with Crippen LogP contribution in [0, 0.1) is 0 Å². The topological polar surface area (TPSA) is 58.8 Å². The lowest BCUT2D eigenvalue weighted by molar-refractivity contribution is -0.148. The van der Waals surface area contributed by atoms with Gasteiger partial charge in [-0.25, -0.2) is 0 Å². The van der Waals surface area contributed by atoms with Crippen LogP contribution in [0.2, 0.25) is 0 Å². The van der Waals surface area contributed by atoms with Crippen LogP contribution in [0.3, 0.4) is 0 Å². The maximum atomic E-state index is 12.4. The first-order valence-electron chi connectivity index (χ1n) is 8.10. The maximum Gasteiger partial charge on any atom is 0.251 e. The van der Waals surface area contributed by atoms with E-state index in [1.165, 1.54) is 0 Å². The van der Waals surface area contributed by atoms with Gasteiger partial charge in [0.15, 0.2) is 0 Å². The molecule has 2 aliphatic heterocycles. The minimum absolute atomic E-state index is 0.184. The number of hydrogen-bond acceptors (Lipinski definition) is 4. The summed E-state index contributed by atoms with van der Waals surface area (Å²) in [6.45, 7) is 7.18. The highest BCUT2D eigenvalue weighted by atomic mass is 16.5. The molecule has 0 saturated carbocycles. The fraction of sp³-hybridized carbons (Fsp3) is 0.933. The van der Waals surface area contributed by atoms with E-state index in [4.69, 9.17) is 10.5 Å². The Morgan fingerprint density at radius 3 is 2.60 bits per heavy atom. The van der Waals surface area contributed by atoms with Crippen LogP contribution in [-0.2, 0) is 9.53 Å². The number of ether oxygens (including phenoxy) is 1. The van der Waals surface area contributed by atoms with E-state index < -0.39 is 0 Å². The molecule has 1 amide bonds. The van der Waals surface area contributed by atoms with Gasteiger partial charge >= 0.3 is 0 Å². The highest BCUT2D eigenvalue weighted by Crippen LogP contribution is 2.17. The minimum atomic E-state index is -0.184. The van der Waals surface area contributed by atoms with E-state index in [1.54, 1.807) is 0 Å². The Morgan fingerprint density at radius 2 is 2.05 bits per heavy atom. The molecule has 2 heterocycles. The third-order valence-electron chi connectivity index (χ3n) is 4.49. The second-order valence-electron chi connectivity index (χ2n) is 5.89. The van der Waals surface area contributed by atoms with Crippen LogP contribution in [0.25, 0.3) is 0 Å². The second kappa shape index (κ2) is 7.96. The van der Waals surface area contributed by atoms with Gasteiger partial charge in [0.2, 0.25) is 0 Å². The van der Waals surface area contributed by atoms with Crippen LogP contribution in [-0.4, -0.2) is 67.2 Å². The second-order valence-corrected chi connectivity index (χ2v) is 5.89. The maximum absolute atomic E-state index is 12.4. The van der Waals surface area contributed by atoms with E-state index in [-0.39, 0.29) is 12.0 Å². The molecule has 0 bridgehead atoms. The lowest BCUT2D eigenvalue weighted by Gasteiger charge is -2.40. The third-order valence-corrected chi connectivity index (χ3v) is 4.49. The monoisotopic (exact) mass is 283 g/mol. The molecule has 5 heteroatoms. The van der Waals surface area contributed by atoms with Crippen molar-refractivity contribution in [3.63, 3.8) is 0 Å². The Morgan fingerprint density at radius 1 is 1.30 bits per heavy atom. The first-order chi connectivity index (χ1) is 9.76. The van der Waals surface area contributed by atoms with E-state index in [2.05, 4.69) is 11.8 Å². The number of carbonyl (C=O) groups excluding carboxylic acids is 1. The first kappa shape index (κ1) is 15.7. The standard InChI is InChI=1S/C15H29N3O2/c1-2-5-13(12-16)17-7-9-18(10-8-17)15(19)14-6-3-4-11-20-14/h13-14H,2-12,16H2,1H3. The van der Waals surface area contributed by atoms with Crippen LogP contribution in [0.1, 0.15) is 39.0 Å².